The molecule has 0 saturated heterocycles. The van der Waals surface area contributed by atoms with E-state index in [0.717, 1.165) is 0 Å². The average molecular weight is 449 g/mol. The molecule has 0 aliphatic heterocycles. The maximum absolute atomic E-state index is 12.8. The number of ether oxygens (including phenoxy) is 2. The number of hydrogen-bond acceptors (Lipinski definition) is 6. The maximum Gasteiger partial charge on any atom is 0.471 e. The summed E-state index contributed by atoms with van der Waals surface area (Å²) in [4.78, 5) is 24.1. The molecule has 1 heterocycles. The highest BCUT2D eigenvalue weighted by Crippen LogP contribution is 2.32. The van der Waals surface area contributed by atoms with E-state index in [-0.39, 0.29) is 28.4 Å². The fourth-order valence-electron chi connectivity index (χ4n) is 2.89. The third-order valence-electron chi connectivity index (χ3n) is 4.56. The number of ketones is 1. The number of alkyl halides is 3. The highest BCUT2D eigenvalue weighted by Gasteiger charge is 2.39. The fraction of sp³-hybridized carbons (Fsp3) is 0.190. The summed E-state index contributed by atoms with van der Waals surface area (Å²) >= 11 is 0. The van der Waals surface area contributed by atoms with Gasteiger partial charge in [-0.3, -0.25) is 14.7 Å². The Labute approximate surface area is 180 Å². The number of methoxy groups -OCH3 is 2. The first kappa shape index (κ1) is 22.7. The minimum Gasteiger partial charge on any atom is -0.504 e. The van der Waals surface area contributed by atoms with Crippen molar-refractivity contribution in [2.45, 2.75) is 12.6 Å². The van der Waals surface area contributed by atoms with Gasteiger partial charge in [0.1, 0.15) is 22.9 Å². The molecule has 3 N–H and O–H groups in total. The molecular weight excluding hydrogens is 431 g/mol. The number of anilines is 1. The number of aromatic hydroxyl groups is 1. The van der Waals surface area contributed by atoms with Crippen molar-refractivity contribution in [2.75, 3.05) is 19.5 Å². The number of carbonyl (C=O) groups is 2. The topological polar surface area (TPSA) is 114 Å². The molecule has 1 aromatic heterocycles. The van der Waals surface area contributed by atoms with Crippen molar-refractivity contribution in [3.05, 3.63) is 53.7 Å². The van der Waals surface area contributed by atoms with Crippen LogP contribution in [0.1, 0.15) is 16.1 Å². The van der Waals surface area contributed by atoms with Crippen molar-refractivity contribution in [2.24, 2.45) is 0 Å². The van der Waals surface area contributed by atoms with Gasteiger partial charge in [0.05, 0.1) is 14.2 Å². The molecule has 0 bridgehead atoms. The number of aromatic amines is 1. The Morgan fingerprint density at radius 2 is 1.69 bits per heavy atom. The van der Waals surface area contributed by atoms with E-state index in [9.17, 15) is 27.9 Å². The van der Waals surface area contributed by atoms with E-state index >= 15 is 0 Å². The minimum absolute atomic E-state index is 0.0911. The van der Waals surface area contributed by atoms with E-state index in [1.807, 2.05) is 0 Å². The fourth-order valence-corrected chi connectivity index (χ4v) is 2.89. The van der Waals surface area contributed by atoms with Crippen LogP contribution in [-0.4, -0.2) is 47.4 Å². The quantitative estimate of drug-likeness (QED) is 0.474. The number of H-pyrrole nitrogens is 1. The second-order valence-electron chi connectivity index (χ2n) is 6.60. The van der Waals surface area contributed by atoms with Crippen LogP contribution >= 0.6 is 0 Å². The lowest BCUT2D eigenvalue weighted by Crippen LogP contribution is -2.30. The van der Waals surface area contributed by atoms with Gasteiger partial charge in [-0.1, -0.05) is 6.07 Å². The number of amides is 1. The number of benzene rings is 2. The van der Waals surface area contributed by atoms with Crippen molar-refractivity contribution in [3.63, 3.8) is 0 Å². The number of rotatable bonds is 7. The van der Waals surface area contributed by atoms with Crippen LogP contribution in [0.25, 0.3) is 11.3 Å². The van der Waals surface area contributed by atoms with E-state index in [1.54, 1.807) is 29.6 Å². The number of nitrogens with zero attached hydrogens (tertiary/aromatic N) is 1. The molecule has 0 fully saturated rings. The largest absolute Gasteiger partial charge is 0.504 e. The van der Waals surface area contributed by atoms with Crippen LogP contribution in [0.3, 0.4) is 0 Å². The van der Waals surface area contributed by atoms with E-state index in [1.165, 1.54) is 32.4 Å². The van der Waals surface area contributed by atoms with Gasteiger partial charge in [0, 0.05) is 23.7 Å². The molecule has 0 unspecified atom stereocenters. The second kappa shape index (κ2) is 9.00. The summed E-state index contributed by atoms with van der Waals surface area (Å²) in [7, 11) is 2.81. The predicted molar refractivity (Wildman–Crippen MR) is 108 cm³/mol. The van der Waals surface area contributed by atoms with E-state index < -0.39 is 30.0 Å². The molecule has 0 aliphatic rings. The molecule has 32 heavy (non-hydrogen) atoms. The molecule has 0 aliphatic carbocycles. The third-order valence-corrected chi connectivity index (χ3v) is 4.56. The Bertz CT molecular complexity index is 1140. The summed E-state index contributed by atoms with van der Waals surface area (Å²) in [6.45, 7) is 0. The summed E-state index contributed by atoms with van der Waals surface area (Å²) in [5.41, 5.74) is 0.264. The van der Waals surface area contributed by atoms with Crippen LogP contribution in [0.5, 0.6) is 17.2 Å². The van der Waals surface area contributed by atoms with Gasteiger partial charge in [-0.05, 0) is 35.9 Å². The lowest BCUT2D eigenvalue weighted by molar-refractivity contribution is -0.167. The number of hydrogen-bond donors (Lipinski definition) is 3. The summed E-state index contributed by atoms with van der Waals surface area (Å²) in [5, 5.41) is 18.6. The Kier molecular flexibility index (Phi) is 6.37. The highest BCUT2D eigenvalue weighted by atomic mass is 19.4. The summed E-state index contributed by atoms with van der Waals surface area (Å²) in [5.74, 6) is -2.47. The highest BCUT2D eigenvalue weighted by molar-refractivity contribution is 6.02. The van der Waals surface area contributed by atoms with Crippen LogP contribution in [0, 0.1) is 0 Å². The molecule has 3 rings (SSSR count). The molecule has 1 amide bonds. The van der Waals surface area contributed by atoms with Crippen LogP contribution in [0.2, 0.25) is 0 Å². The van der Waals surface area contributed by atoms with E-state index in [2.05, 4.69) is 10.2 Å². The number of Topliss-reactive ketones (excluding diaryl/α,β-unsaturated/α-hetero) is 1. The zero-order chi connectivity index (χ0) is 23.5. The lowest BCUT2D eigenvalue weighted by Gasteiger charge is -2.13. The van der Waals surface area contributed by atoms with Gasteiger partial charge in [0.15, 0.2) is 11.5 Å². The number of aromatic nitrogens is 2. The van der Waals surface area contributed by atoms with Gasteiger partial charge in [0.2, 0.25) is 0 Å². The summed E-state index contributed by atoms with van der Waals surface area (Å²) < 4.78 is 48.1. The van der Waals surface area contributed by atoms with Gasteiger partial charge in [0.25, 0.3) is 0 Å². The van der Waals surface area contributed by atoms with Crippen LogP contribution in [0.4, 0.5) is 18.9 Å². The Morgan fingerprint density at radius 3 is 2.28 bits per heavy atom. The van der Waals surface area contributed by atoms with Gasteiger partial charge in [-0.25, -0.2) is 0 Å². The Hall–Kier alpha value is -4.02. The lowest BCUT2D eigenvalue weighted by atomic mass is 10.0. The Balaban J connectivity index is 1.87. The monoisotopic (exact) mass is 449 g/mol. The molecular formula is C21H18F3N3O5. The normalized spacial score (nSPS) is 11.2. The van der Waals surface area contributed by atoms with Crippen molar-refractivity contribution < 1.29 is 37.3 Å². The van der Waals surface area contributed by atoms with E-state index in [0.29, 0.717) is 11.3 Å². The summed E-state index contributed by atoms with van der Waals surface area (Å²) in [6.07, 6.45) is -5.53. The predicted octanol–water partition coefficient (Wildman–Crippen LogP) is 3.73. The van der Waals surface area contributed by atoms with Crippen molar-refractivity contribution in [3.8, 4) is 28.5 Å². The zero-order valence-corrected chi connectivity index (χ0v) is 16.9. The molecule has 2 aromatic carbocycles. The first-order valence-electron chi connectivity index (χ1n) is 9.14. The van der Waals surface area contributed by atoms with E-state index in [4.69, 9.17) is 9.47 Å². The van der Waals surface area contributed by atoms with Gasteiger partial charge < -0.3 is 19.9 Å². The molecule has 0 atom stereocenters. The molecule has 168 valence electrons. The van der Waals surface area contributed by atoms with Crippen LogP contribution < -0.4 is 14.8 Å². The van der Waals surface area contributed by atoms with Gasteiger partial charge in [-0.15, -0.1) is 0 Å². The maximum atomic E-state index is 12.8. The van der Waals surface area contributed by atoms with Crippen LogP contribution in [-0.2, 0) is 11.2 Å². The first-order valence-corrected chi connectivity index (χ1v) is 9.14. The smallest absolute Gasteiger partial charge is 0.471 e. The van der Waals surface area contributed by atoms with Crippen molar-refractivity contribution in [1.29, 1.82) is 0 Å². The van der Waals surface area contributed by atoms with Gasteiger partial charge in [-0.2, -0.15) is 18.3 Å². The zero-order valence-electron chi connectivity index (χ0n) is 16.9. The second-order valence-corrected chi connectivity index (χ2v) is 6.60. The Morgan fingerprint density at radius 1 is 1.06 bits per heavy atom. The molecule has 11 heteroatoms. The average Bonchev–Trinajstić information content (AvgIpc) is 3.15. The molecule has 8 nitrogen and oxygen atoms in total. The van der Waals surface area contributed by atoms with Crippen molar-refractivity contribution >= 4 is 17.4 Å². The van der Waals surface area contributed by atoms with Gasteiger partial charge >= 0.3 is 12.1 Å². The van der Waals surface area contributed by atoms with Crippen molar-refractivity contribution in [1.82, 2.24) is 10.2 Å². The molecule has 3 aromatic rings. The minimum atomic E-state index is -5.11. The number of nitrogens with one attached hydrogen (secondary N) is 2. The third kappa shape index (κ3) is 4.82. The molecule has 0 spiro atoms. The standard InChI is InChI=1S/C21H18F3N3O5/c1-31-13-6-3-11(4-7-13)17-19(29)18(27-26-17)16(28)9-12-5-8-14(32-2)10-15(12)25-20(30)21(22,23)24/h3-8,10,29H,9H2,1-2H3,(H,25,30)(H,26,27). The first-order chi connectivity index (χ1) is 15.1. The SMILES string of the molecule is COc1ccc(-c2n[nH]c(C(=O)Cc3ccc(OC)cc3NC(=O)C(F)(F)F)c2O)cc1. The summed E-state index contributed by atoms with van der Waals surface area (Å²) in [6, 6.07) is 10.5. The number of carbonyl (C=O) groups excluding carboxylic acids is 2. The molecule has 0 saturated carbocycles. The number of halogens is 3. The van der Waals surface area contributed by atoms with Crippen LogP contribution in [0.15, 0.2) is 42.5 Å². The molecule has 0 radical (unpaired) electrons.